The molecule has 0 saturated heterocycles. The molecule has 0 fully saturated rings. The zero-order chi connectivity index (χ0) is 14.0. The van der Waals surface area contributed by atoms with E-state index in [4.69, 9.17) is 0 Å². The maximum Gasteiger partial charge on any atom is 0.234 e. The Balaban J connectivity index is 2.62. The summed E-state index contributed by atoms with van der Waals surface area (Å²) in [6, 6.07) is 11.0. The Kier molecular flexibility index (Phi) is 2.44. The topological polar surface area (TPSA) is 34.1 Å². The minimum absolute atomic E-state index is 0.426. The quantitative estimate of drug-likeness (QED) is 0.332. The van der Waals surface area contributed by atoms with Gasteiger partial charge in [-0.1, -0.05) is 36.4 Å². The van der Waals surface area contributed by atoms with Crippen LogP contribution in [0.3, 0.4) is 0 Å². The molecule has 20 heavy (non-hydrogen) atoms. The second kappa shape index (κ2) is 3.99. The molecule has 0 heterocycles. The normalized spacial score (nSPS) is 11.9. The van der Waals surface area contributed by atoms with Crippen LogP contribution in [0.5, 0.6) is 0 Å². The van der Waals surface area contributed by atoms with Gasteiger partial charge in [0.15, 0.2) is 0 Å². The lowest BCUT2D eigenvalue weighted by molar-refractivity contribution is 1.59. The first kappa shape index (κ1) is 12.2. The third-order valence-electron chi connectivity index (χ3n) is 3.74. The molecule has 0 aliphatic carbocycles. The number of rotatable bonds is 0. The lowest BCUT2D eigenvalue weighted by Gasteiger charge is -2.13. The molecule has 4 aromatic carbocycles. The summed E-state index contributed by atoms with van der Waals surface area (Å²) in [6.45, 7) is 0. The summed E-state index contributed by atoms with van der Waals surface area (Å²) in [5, 5.41) is 4.58. The highest BCUT2D eigenvalue weighted by Crippen LogP contribution is 2.41. The first-order chi connectivity index (χ1) is 9.61. The van der Waals surface area contributed by atoms with E-state index in [1.165, 1.54) is 0 Å². The van der Waals surface area contributed by atoms with Gasteiger partial charge in [-0.05, 0) is 42.6 Å². The van der Waals surface area contributed by atoms with E-state index in [1.54, 1.807) is 24.3 Å². The molecule has 0 aliphatic rings. The third-order valence-corrected chi connectivity index (χ3v) is 5.92. The lowest BCUT2D eigenvalue weighted by Crippen LogP contribution is -2.24. The molecule has 0 unspecified atom stereocenters. The van der Waals surface area contributed by atoms with Crippen LogP contribution in [0.25, 0.3) is 32.3 Å². The van der Waals surface area contributed by atoms with Crippen LogP contribution < -0.4 is 10.9 Å². The zero-order valence-corrected chi connectivity index (χ0v) is 13.2. The van der Waals surface area contributed by atoms with Gasteiger partial charge in [-0.3, -0.25) is 9.59 Å². The van der Waals surface area contributed by atoms with Gasteiger partial charge in [0.1, 0.15) is 0 Å². The van der Waals surface area contributed by atoms with Gasteiger partial charge in [-0.15, -0.1) is 0 Å². The SMILES string of the molecule is O=c1c(=O)c2cccc3c(Br)c(Br)c4cccc1c4c32. The van der Waals surface area contributed by atoms with E-state index in [1.807, 2.05) is 12.1 Å². The van der Waals surface area contributed by atoms with Crippen LogP contribution in [0.1, 0.15) is 0 Å². The summed E-state index contributed by atoms with van der Waals surface area (Å²) in [6.07, 6.45) is 0. The minimum Gasteiger partial charge on any atom is -0.285 e. The summed E-state index contributed by atoms with van der Waals surface area (Å²) in [4.78, 5) is 24.5. The van der Waals surface area contributed by atoms with Crippen molar-refractivity contribution in [3.63, 3.8) is 0 Å². The Morgan fingerprint density at radius 2 is 0.950 bits per heavy atom. The predicted octanol–water partition coefficient (Wildman–Crippen LogP) is 4.27. The highest BCUT2D eigenvalue weighted by molar-refractivity contribution is 9.13. The Morgan fingerprint density at radius 1 is 0.600 bits per heavy atom. The van der Waals surface area contributed by atoms with Crippen LogP contribution in [0.15, 0.2) is 54.9 Å². The molecule has 0 aromatic heterocycles. The second-order valence-corrected chi connectivity index (χ2v) is 6.33. The maximum atomic E-state index is 12.3. The van der Waals surface area contributed by atoms with Crippen molar-refractivity contribution >= 4 is 64.2 Å². The van der Waals surface area contributed by atoms with Crippen LogP contribution in [0.4, 0.5) is 0 Å². The molecule has 2 nitrogen and oxygen atoms in total. The molecule has 4 rings (SSSR count). The van der Waals surface area contributed by atoms with Crippen molar-refractivity contribution in [3.8, 4) is 0 Å². The highest BCUT2D eigenvalue weighted by atomic mass is 79.9. The fraction of sp³-hybridized carbons (Fsp3) is 0. The van der Waals surface area contributed by atoms with Crippen LogP contribution in [-0.2, 0) is 0 Å². The van der Waals surface area contributed by atoms with E-state index in [-0.39, 0.29) is 0 Å². The Labute approximate surface area is 130 Å². The molecule has 4 heteroatoms. The average molecular weight is 390 g/mol. The second-order valence-electron chi connectivity index (χ2n) is 4.74. The fourth-order valence-corrected chi connectivity index (χ4v) is 3.96. The van der Waals surface area contributed by atoms with Gasteiger partial charge in [0, 0.05) is 30.5 Å². The number of hydrogen-bond donors (Lipinski definition) is 0. The van der Waals surface area contributed by atoms with E-state index in [0.717, 1.165) is 30.5 Å². The van der Waals surface area contributed by atoms with Gasteiger partial charge in [-0.25, -0.2) is 0 Å². The van der Waals surface area contributed by atoms with Crippen LogP contribution >= 0.6 is 31.9 Å². The molecule has 0 radical (unpaired) electrons. The summed E-state index contributed by atoms with van der Waals surface area (Å²) in [5.41, 5.74) is -0.852. The van der Waals surface area contributed by atoms with Gasteiger partial charge in [0.2, 0.25) is 10.9 Å². The predicted molar refractivity (Wildman–Crippen MR) is 89.3 cm³/mol. The third kappa shape index (κ3) is 1.33. The van der Waals surface area contributed by atoms with E-state index >= 15 is 0 Å². The summed E-state index contributed by atoms with van der Waals surface area (Å²) < 4.78 is 1.81. The largest absolute Gasteiger partial charge is 0.285 e. The Morgan fingerprint density at radius 3 is 1.35 bits per heavy atom. The van der Waals surface area contributed by atoms with E-state index in [9.17, 15) is 9.59 Å². The van der Waals surface area contributed by atoms with Crippen molar-refractivity contribution in [2.75, 3.05) is 0 Å². The maximum absolute atomic E-state index is 12.3. The number of benzene rings is 4. The standard InChI is InChI=1S/C16H6Br2O2/c17-13-7-3-1-5-9-11(7)12-8(14(13)18)4-2-6-10(12)16(20)15(9)19/h1-6H. The van der Waals surface area contributed by atoms with Gasteiger partial charge in [-0.2, -0.15) is 0 Å². The molecular weight excluding hydrogens is 384 g/mol. The van der Waals surface area contributed by atoms with Crippen LogP contribution in [-0.4, -0.2) is 0 Å². The molecule has 4 aromatic rings. The van der Waals surface area contributed by atoms with Gasteiger partial charge in [0.25, 0.3) is 0 Å². The molecule has 0 amide bonds. The molecule has 0 N–H and O–H groups in total. The molecule has 96 valence electrons. The van der Waals surface area contributed by atoms with Crippen molar-refractivity contribution in [3.05, 3.63) is 65.8 Å². The van der Waals surface area contributed by atoms with E-state index in [0.29, 0.717) is 10.8 Å². The van der Waals surface area contributed by atoms with Gasteiger partial charge < -0.3 is 0 Å². The summed E-state index contributed by atoms with van der Waals surface area (Å²) in [5.74, 6) is 0. The lowest BCUT2D eigenvalue weighted by atomic mass is 9.94. The van der Waals surface area contributed by atoms with Crippen LogP contribution in [0, 0.1) is 0 Å². The summed E-state index contributed by atoms with van der Waals surface area (Å²) in [7, 11) is 0. The number of hydrogen-bond acceptors (Lipinski definition) is 2. The Hall–Kier alpha value is -1.52. The molecule has 0 saturated carbocycles. The molecule has 0 atom stereocenters. The van der Waals surface area contributed by atoms with E-state index in [2.05, 4.69) is 31.9 Å². The molecule has 0 aliphatic heterocycles. The molecule has 0 bridgehead atoms. The van der Waals surface area contributed by atoms with Crippen LogP contribution in [0.2, 0.25) is 0 Å². The number of halogens is 2. The molecule has 0 spiro atoms. The first-order valence-corrected chi connectivity index (χ1v) is 7.61. The van der Waals surface area contributed by atoms with Crippen molar-refractivity contribution in [1.82, 2.24) is 0 Å². The summed E-state index contributed by atoms with van der Waals surface area (Å²) >= 11 is 7.15. The van der Waals surface area contributed by atoms with Crippen molar-refractivity contribution in [1.29, 1.82) is 0 Å². The smallest absolute Gasteiger partial charge is 0.234 e. The average Bonchev–Trinajstić information content (AvgIpc) is 2.48. The molecular formula is C16H6Br2O2. The van der Waals surface area contributed by atoms with E-state index < -0.39 is 10.9 Å². The van der Waals surface area contributed by atoms with Crippen molar-refractivity contribution < 1.29 is 0 Å². The van der Waals surface area contributed by atoms with Gasteiger partial charge in [0.05, 0.1) is 0 Å². The minimum atomic E-state index is -0.426. The zero-order valence-electron chi connectivity index (χ0n) is 10.0. The monoisotopic (exact) mass is 388 g/mol. The highest BCUT2D eigenvalue weighted by Gasteiger charge is 2.18. The van der Waals surface area contributed by atoms with Crippen molar-refractivity contribution in [2.24, 2.45) is 0 Å². The Bertz CT molecular complexity index is 1010. The van der Waals surface area contributed by atoms with Crippen molar-refractivity contribution in [2.45, 2.75) is 0 Å². The first-order valence-electron chi connectivity index (χ1n) is 6.02. The van der Waals surface area contributed by atoms with Gasteiger partial charge >= 0.3 is 0 Å². The fourth-order valence-electron chi connectivity index (χ4n) is 2.87.